The van der Waals surface area contributed by atoms with Crippen LogP contribution < -0.4 is 0 Å². The smallest absolute Gasteiger partial charge is 0.333 e. The molecule has 0 radical (unpaired) electrons. The zero-order valence-electron chi connectivity index (χ0n) is 15.6. The minimum atomic E-state index is -1.13. The van der Waals surface area contributed by atoms with Crippen LogP contribution in [0.25, 0.3) is 0 Å². The van der Waals surface area contributed by atoms with Gasteiger partial charge >= 0.3 is 11.9 Å². The maximum Gasteiger partial charge on any atom is 0.333 e. The number of unbranched alkanes of at least 4 members (excludes halogenated alkanes) is 10. The van der Waals surface area contributed by atoms with Gasteiger partial charge in [0, 0.05) is 0 Å². The Balaban J connectivity index is 3.74. The van der Waals surface area contributed by atoms with Crippen LogP contribution in [0.4, 0.5) is 0 Å². The molecule has 0 saturated heterocycles. The van der Waals surface area contributed by atoms with Gasteiger partial charge in [0.2, 0.25) is 0 Å². The van der Waals surface area contributed by atoms with E-state index in [4.69, 9.17) is 14.9 Å². The molecule has 0 aromatic heterocycles. The summed E-state index contributed by atoms with van der Waals surface area (Å²) in [5.41, 5.74) is 0.0912. The first kappa shape index (κ1) is 23.4. The fraction of sp³-hybridized carbons (Fsp3) is 0.700. The molecule has 0 aliphatic carbocycles. The number of carboxylic acid groups (broad SMARTS) is 2. The Morgan fingerprint density at radius 2 is 1.36 bits per heavy atom. The Hall–Kier alpha value is -1.62. The van der Waals surface area contributed by atoms with Crippen molar-refractivity contribution in [3.8, 4) is 0 Å². The van der Waals surface area contributed by atoms with Crippen molar-refractivity contribution < 1.29 is 24.5 Å². The lowest BCUT2D eigenvalue weighted by Gasteiger charge is -2.05. The summed E-state index contributed by atoms with van der Waals surface area (Å²) in [7, 11) is 0. The average molecular weight is 354 g/mol. The number of carboxylic acids is 2. The quantitative estimate of drug-likeness (QED) is 0.285. The molecule has 0 spiro atoms. The molecule has 5 nitrogen and oxygen atoms in total. The molecule has 25 heavy (non-hydrogen) atoms. The number of hydrogen-bond acceptors (Lipinski definition) is 3. The van der Waals surface area contributed by atoms with Crippen LogP contribution >= 0.6 is 0 Å². The number of ether oxygens (including phenoxy) is 1. The van der Waals surface area contributed by atoms with Crippen LogP contribution in [0.1, 0.15) is 77.6 Å². The number of carbonyl (C=O) groups is 2. The van der Waals surface area contributed by atoms with E-state index in [1.807, 2.05) is 0 Å². The van der Waals surface area contributed by atoms with Crippen molar-refractivity contribution in [2.45, 2.75) is 77.6 Å². The maximum absolute atomic E-state index is 11.1. The van der Waals surface area contributed by atoms with Crippen molar-refractivity contribution in [2.75, 3.05) is 13.2 Å². The molecule has 5 heteroatoms. The third-order valence-corrected chi connectivity index (χ3v) is 4.06. The monoisotopic (exact) mass is 354 g/mol. The standard InChI is InChI=1S/C20H34O5/c1-3-4-5-6-7-8-9-10-11-12-13-14-18(20(23)24)16-25-15-17(2)19(21)22/h14H,2-13,15-16H2,1H3,(H,21,22)(H,23,24)/b18-14-. The fourth-order valence-electron chi connectivity index (χ4n) is 2.46. The van der Waals surface area contributed by atoms with Crippen LogP contribution in [0.2, 0.25) is 0 Å². The predicted octanol–water partition coefficient (Wildman–Crippen LogP) is 4.97. The van der Waals surface area contributed by atoms with Crippen LogP contribution in [-0.2, 0) is 14.3 Å². The summed E-state index contributed by atoms with van der Waals surface area (Å²) >= 11 is 0. The summed E-state index contributed by atoms with van der Waals surface area (Å²) in [5, 5.41) is 17.8. The lowest BCUT2D eigenvalue weighted by Crippen LogP contribution is -2.12. The molecule has 0 saturated carbocycles. The van der Waals surface area contributed by atoms with Gasteiger partial charge in [-0.3, -0.25) is 0 Å². The second-order valence-electron chi connectivity index (χ2n) is 6.41. The zero-order valence-corrected chi connectivity index (χ0v) is 15.6. The molecule has 0 atom stereocenters. The Morgan fingerprint density at radius 3 is 1.84 bits per heavy atom. The van der Waals surface area contributed by atoms with Crippen LogP contribution in [0, 0.1) is 0 Å². The van der Waals surface area contributed by atoms with E-state index >= 15 is 0 Å². The second-order valence-corrected chi connectivity index (χ2v) is 6.41. The zero-order chi connectivity index (χ0) is 18.9. The van der Waals surface area contributed by atoms with Gasteiger partial charge in [0.05, 0.1) is 24.4 Å². The third kappa shape index (κ3) is 14.4. The van der Waals surface area contributed by atoms with Crippen molar-refractivity contribution in [1.29, 1.82) is 0 Å². The van der Waals surface area contributed by atoms with Crippen molar-refractivity contribution in [2.24, 2.45) is 0 Å². The normalized spacial score (nSPS) is 11.5. The number of hydrogen-bond donors (Lipinski definition) is 2. The topological polar surface area (TPSA) is 83.8 Å². The number of rotatable bonds is 17. The van der Waals surface area contributed by atoms with Gasteiger partial charge in [0.1, 0.15) is 0 Å². The summed E-state index contributed by atoms with van der Waals surface area (Å²) in [6.07, 6.45) is 14.8. The first-order valence-corrected chi connectivity index (χ1v) is 9.40. The predicted molar refractivity (Wildman–Crippen MR) is 99.8 cm³/mol. The van der Waals surface area contributed by atoms with E-state index in [2.05, 4.69) is 13.5 Å². The summed E-state index contributed by atoms with van der Waals surface area (Å²) < 4.78 is 5.10. The largest absolute Gasteiger partial charge is 0.478 e. The van der Waals surface area contributed by atoms with Crippen LogP contribution in [0.15, 0.2) is 23.8 Å². The molecule has 0 aromatic rings. The van der Waals surface area contributed by atoms with E-state index < -0.39 is 11.9 Å². The molecule has 0 fully saturated rings. The van der Waals surface area contributed by atoms with Gasteiger partial charge in [-0.25, -0.2) is 9.59 Å². The fourth-order valence-corrected chi connectivity index (χ4v) is 2.46. The highest BCUT2D eigenvalue weighted by atomic mass is 16.5. The van der Waals surface area contributed by atoms with Gasteiger partial charge in [-0.1, -0.05) is 77.4 Å². The maximum atomic E-state index is 11.1. The Bertz CT molecular complexity index is 426. The van der Waals surface area contributed by atoms with E-state index in [0.29, 0.717) is 6.42 Å². The van der Waals surface area contributed by atoms with E-state index in [1.54, 1.807) is 6.08 Å². The molecular formula is C20H34O5. The molecule has 0 heterocycles. The van der Waals surface area contributed by atoms with Gasteiger partial charge in [-0.05, 0) is 12.8 Å². The minimum Gasteiger partial charge on any atom is -0.478 e. The Labute approximate surface area is 151 Å². The summed E-state index contributed by atoms with van der Waals surface area (Å²) in [4.78, 5) is 21.7. The van der Waals surface area contributed by atoms with E-state index in [0.717, 1.165) is 12.8 Å². The molecule has 0 aliphatic rings. The van der Waals surface area contributed by atoms with Gasteiger partial charge in [0.25, 0.3) is 0 Å². The molecule has 0 amide bonds. The van der Waals surface area contributed by atoms with E-state index in [-0.39, 0.29) is 24.4 Å². The van der Waals surface area contributed by atoms with Crippen molar-refractivity contribution in [3.05, 3.63) is 23.8 Å². The van der Waals surface area contributed by atoms with Crippen LogP contribution in [-0.4, -0.2) is 35.4 Å². The number of aliphatic carboxylic acids is 2. The summed E-state index contributed by atoms with van der Waals surface area (Å²) in [6.45, 7) is 5.30. The molecule has 144 valence electrons. The summed E-state index contributed by atoms with van der Waals surface area (Å²) in [5.74, 6) is -2.15. The minimum absolute atomic E-state index is 0.0839. The highest BCUT2D eigenvalue weighted by Crippen LogP contribution is 2.12. The lowest BCUT2D eigenvalue weighted by molar-refractivity contribution is -0.133. The Morgan fingerprint density at radius 1 is 0.840 bits per heavy atom. The third-order valence-electron chi connectivity index (χ3n) is 4.06. The molecule has 0 aromatic carbocycles. The van der Waals surface area contributed by atoms with Gasteiger partial charge in [-0.2, -0.15) is 0 Å². The molecule has 0 aliphatic heterocycles. The van der Waals surface area contributed by atoms with Gasteiger partial charge < -0.3 is 14.9 Å². The second kappa shape index (κ2) is 15.9. The average Bonchev–Trinajstić information content (AvgIpc) is 2.57. The molecule has 0 bridgehead atoms. The molecular weight excluding hydrogens is 320 g/mol. The SMILES string of the molecule is C=C(COC/C(=C/CCCCCCCCCCCC)C(=O)O)C(=O)O. The van der Waals surface area contributed by atoms with Gasteiger partial charge in [-0.15, -0.1) is 0 Å². The summed E-state index contributed by atoms with van der Waals surface area (Å²) in [6, 6.07) is 0. The van der Waals surface area contributed by atoms with Crippen LogP contribution in [0.5, 0.6) is 0 Å². The molecule has 0 unspecified atom stereocenters. The molecule has 2 N–H and O–H groups in total. The van der Waals surface area contributed by atoms with Crippen molar-refractivity contribution >= 4 is 11.9 Å². The lowest BCUT2D eigenvalue weighted by atomic mass is 10.1. The van der Waals surface area contributed by atoms with Gasteiger partial charge in [0.15, 0.2) is 0 Å². The first-order valence-electron chi connectivity index (χ1n) is 9.40. The highest BCUT2D eigenvalue weighted by Gasteiger charge is 2.09. The van der Waals surface area contributed by atoms with E-state index in [1.165, 1.54) is 51.4 Å². The van der Waals surface area contributed by atoms with Crippen molar-refractivity contribution in [3.63, 3.8) is 0 Å². The van der Waals surface area contributed by atoms with Crippen LogP contribution in [0.3, 0.4) is 0 Å². The van der Waals surface area contributed by atoms with E-state index in [9.17, 15) is 9.59 Å². The number of allylic oxidation sites excluding steroid dienone is 1. The van der Waals surface area contributed by atoms with Crippen molar-refractivity contribution in [1.82, 2.24) is 0 Å². The highest BCUT2D eigenvalue weighted by molar-refractivity contribution is 5.87. The Kier molecular flexibility index (Phi) is 14.9. The molecule has 0 rings (SSSR count). The first-order chi connectivity index (χ1) is 12.0.